The Hall–Kier alpha value is -4.35. The second-order valence-electron chi connectivity index (χ2n) is 13.1. The van der Waals surface area contributed by atoms with Gasteiger partial charge >= 0.3 is 0 Å². The Morgan fingerprint density at radius 2 is 1.72 bits per heavy atom. The van der Waals surface area contributed by atoms with Crippen LogP contribution in [0.2, 0.25) is 0 Å². The molecule has 2 bridgehead atoms. The third-order valence-electron chi connectivity index (χ3n) is 10.1. The molecule has 3 aromatic rings. The predicted molar refractivity (Wildman–Crippen MR) is 176 cm³/mol. The van der Waals surface area contributed by atoms with Crippen LogP contribution in [0.25, 0.3) is 11.0 Å². The minimum atomic E-state index is -1.16. The topological polar surface area (TPSA) is 121 Å². The van der Waals surface area contributed by atoms with Gasteiger partial charge in [-0.05, 0) is 56.7 Å². The van der Waals surface area contributed by atoms with Crippen LogP contribution < -0.4 is 0 Å². The number of unbranched alkanes of at least 4 members (excludes halogenated alkanes) is 2. The van der Waals surface area contributed by atoms with Crippen LogP contribution in [0.3, 0.4) is 0 Å². The Kier molecular flexibility index (Phi) is 9.29. The monoisotopic (exact) mass is 640 g/mol. The molecule has 4 heterocycles. The minimum Gasteiger partial charge on any atom is -0.396 e. The lowest BCUT2D eigenvalue weighted by Crippen LogP contribution is -2.56. The van der Waals surface area contributed by atoms with Gasteiger partial charge in [0.05, 0.1) is 23.0 Å². The highest BCUT2D eigenvalue weighted by molar-refractivity contribution is 5.99. The number of aliphatic hydroxyl groups excluding tert-OH is 1. The van der Waals surface area contributed by atoms with Gasteiger partial charge in [-0.25, -0.2) is 4.68 Å². The average molecular weight is 641 g/mol. The van der Waals surface area contributed by atoms with Crippen LogP contribution in [0.4, 0.5) is 0 Å². The second kappa shape index (κ2) is 13.4. The summed E-state index contributed by atoms with van der Waals surface area (Å²) >= 11 is 0. The number of amides is 3. The summed E-state index contributed by atoms with van der Waals surface area (Å²) in [5.41, 5.74) is 0.413. The number of ether oxygens (including phenoxy) is 1. The molecular formula is C36H44N6O5. The molecule has 11 nitrogen and oxygen atoms in total. The maximum Gasteiger partial charge on any atom is 0.250 e. The molecule has 1 aromatic heterocycles. The van der Waals surface area contributed by atoms with Crippen molar-refractivity contribution >= 4 is 28.8 Å². The van der Waals surface area contributed by atoms with E-state index in [4.69, 9.17) is 4.74 Å². The molecule has 3 aliphatic heterocycles. The number of likely N-dealkylation sites (tertiary alicyclic amines) is 1. The number of aromatic nitrogens is 3. The first-order chi connectivity index (χ1) is 22.8. The summed E-state index contributed by atoms with van der Waals surface area (Å²) in [6.07, 6.45) is 6.31. The van der Waals surface area contributed by atoms with Crippen molar-refractivity contribution < 1.29 is 24.2 Å². The Morgan fingerprint density at radius 3 is 2.47 bits per heavy atom. The van der Waals surface area contributed by atoms with Crippen LogP contribution >= 0.6 is 0 Å². The van der Waals surface area contributed by atoms with Gasteiger partial charge in [0.1, 0.15) is 23.8 Å². The van der Waals surface area contributed by atoms with E-state index in [-0.39, 0.29) is 37.5 Å². The zero-order chi connectivity index (χ0) is 33.2. The Labute approximate surface area is 275 Å². The number of fused-ring (bicyclic) bond motifs is 2. The number of benzene rings is 2. The molecular weight excluding hydrogens is 596 g/mol. The molecule has 3 fully saturated rings. The van der Waals surface area contributed by atoms with Gasteiger partial charge in [0.25, 0.3) is 0 Å². The quantitative estimate of drug-likeness (QED) is 0.199. The molecule has 3 amide bonds. The van der Waals surface area contributed by atoms with E-state index >= 15 is 0 Å². The first kappa shape index (κ1) is 32.6. The molecule has 248 valence electrons. The summed E-state index contributed by atoms with van der Waals surface area (Å²) in [6.45, 7) is 11.1. The second-order valence-corrected chi connectivity index (χ2v) is 13.1. The number of nitrogens with zero attached hydrogens (tertiary/aromatic N) is 6. The van der Waals surface area contributed by atoms with Gasteiger partial charge in [0, 0.05) is 32.8 Å². The van der Waals surface area contributed by atoms with Gasteiger partial charge in [-0.2, -0.15) is 0 Å². The van der Waals surface area contributed by atoms with Gasteiger partial charge in [0.2, 0.25) is 17.7 Å². The first-order valence-electron chi connectivity index (χ1n) is 16.5. The van der Waals surface area contributed by atoms with Crippen LogP contribution in [0, 0.1) is 11.8 Å². The van der Waals surface area contributed by atoms with E-state index in [1.807, 2.05) is 61.5 Å². The van der Waals surface area contributed by atoms with E-state index in [0.717, 1.165) is 11.1 Å². The van der Waals surface area contributed by atoms with E-state index in [1.165, 1.54) is 0 Å². The molecule has 47 heavy (non-hydrogen) atoms. The normalized spacial score (nSPS) is 26.0. The lowest BCUT2D eigenvalue weighted by atomic mass is 9.66. The smallest absolute Gasteiger partial charge is 0.250 e. The largest absolute Gasteiger partial charge is 0.396 e. The third-order valence-corrected chi connectivity index (χ3v) is 10.1. The average Bonchev–Trinajstić information content (AvgIpc) is 3.78. The number of carbonyl (C=O) groups excluding carboxylic acids is 3. The first-order valence-corrected chi connectivity index (χ1v) is 16.5. The Balaban J connectivity index is 1.36. The molecule has 0 aliphatic carbocycles. The summed E-state index contributed by atoms with van der Waals surface area (Å²) in [5.74, 6) is -2.22. The summed E-state index contributed by atoms with van der Waals surface area (Å²) in [6, 6.07) is 16.4. The van der Waals surface area contributed by atoms with E-state index in [2.05, 4.69) is 23.5 Å². The molecule has 3 aliphatic rings. The summed E-state index contributed by atoms with van der Waals surface area (Å²) in [5, 5.41) is 17.9. The summed E-state index contributed by atoms with van der Waals surface area (Å²) in [4.78, 5) is 49.0. The van der Waals surface area contributed by atoms with Crippen LogP contribution in [-0.4, -0.2) is 96.0 Å². The van der Waals surface area contributed by atoms with Crippen molar-refractivity contribution in [1.82, 2.24) is 29.7 Å². The third kappa shape index (κ3) is 5.76. The summed E-state index contributed by atoms with van der Waals surface area (Å²) in [7, 11) is 0. The van der Waals surface area contributed by atoms with Crippen molar-refractivity contribution in [3.8, 4) is 0 Å². The molecule has 6 rings (SSSR count). The molecule has 2 aromatic carbocycles. The van der Waals surface area contributed by atoms with E-state index in [9.17, 15) is 19.5 Å². The molecule has 3 saturated heterocycles. The number of rotatable bonds is 15. The van der Waals surface area contributed by atoms with Gasteiger partial charge in [-0.1, -0.05) is 59.8 Å². The number of hydrogen-bond donors (Lipinski definition) is 1. The zero-order valence-electron chi connectivity index (χ0n) is 27.0. The maximum absolute atomic E-state index is 14.8. The van der Waals surface area contributed by atoms with Gasteiger partial charge < -0.3 is 24.5 Å². The molecule has 1 N–H and O–H groups in total. The molecule has 1 spiro atoms. The number of para-hydroxylation sites is 1. The highest BCUT2D eigenvalue weighted by Gasteiger charge is 2.78. The van der Waals surface area contributed by atoms with E-state index < -0.39 is 29.1 Å². The zero-order valence-corrected chi connectivity index (χ0v) is 27.0. The number of aliphatic hydroxyl groups is 1. The molecule has 11 heteroatoms. The van der Waals surface area contributed by atoms with Crippen molar-refractivity contribution in [3.63, 3.8) is 0 Å². The van der Waals surface area contributed by atoms with Crippen molar-refractivity contribution in [2.24, 2.45) is 11.8 Å². The maximum atomic E-state index is 14.8. The fourth-order valence-electron chi connectivity index (χ4n) is 8.01. The van der Waals surface area contributed by atoms with E-state index in [1.54, 1.807) is 31.5 Å². The van der Waals surface area contributed by atoms with Crippen LogP contribution in [0.15, 0.2) is 79.9 Å². The highest BCUT2D eigenvalue weighted by atomic mass is 16.5. The van der Waals surface area contributed by atoms with Gasteiger partial charge in [-0.3, -0.25) is 14.4 Å². The van der Waals surface area contributed by atoms with Crippen molar-refractivity contribution in [3.05, 3.63) is 85.5 Å². The van der Waals surface area contributed by atoms with E-state index in [0.29, 0.717) is 57.3 Å². The number of carbonyl (C=O) groups is 3. The molecule has 0 radical (unpaired) electrons. The molecule has 5 atom stereocenters. The van der Waals surface area contributed by atoms with Crippen molar-refractivity contribution in [1.29, 1.82) is 0 Å². The molecule has 0 saturated carbocycles. The lowest BCUT2D eigenvalue weighted by molar-refractivity contribution is -0.154. The lowest BCUT2D eigenvalue weighted by Gasteiger charge is -2.37. The fraction of sp³-hybridized carbons (Fsp3) is 0.472. The SMILES string of the molecule is C=CCN(Cn1nnc2ccccc21)C(=O)C1N(CCCCCO)C(=O)[C@@H]2[C@H](C(=O)N(CC=C)Cc3ccccc3)[C@]3(C)CCC12O3. The van der Waals surface area contributed by atoms with Crippen molar-refractivity contribution in [2.45, 2.75) is 69.5 Å². The van der Waals surface area contributed by atoms with Crippen LogP contribution in [0.5, 0.6) is 0 Å². The fourth-order valence-corrected chi connectivity index (χ4v) is 8.01. The molecule has 2 unspecified atom stereocenters. The Morgan fingerprint density at radius 1 is 1.00 bits per heavy atom. The van der Waals surface area contributed by atoms with Crippen LogP contribution in [0.1, 0.15) is 44.6 Å². The number of hydrogen-bond acceptors (Lipinski definition) is 7. The highest BCUT2D eigenvalue weighted by Crippen LogP contribution is 2.63. The van der Waals surface area contributed by atoms with Gasteiger partial charge in [-0.15, -0.1) is 18.3 Å². The minimum absolute atomic E-state index is 0.0560. The van der Waals surface area contributed by atoms with Gasteiger partial charge in [0.15, 0.2) is 0 Å². The standard InChI is InChI=1S/C36H44N6O5/c1-4-20-39(24-26-14-8-6-9-15-26)32(44)29-30-33(45)41(22-12-7-13-23-43)31(36(30)19-18-35(29,3)47-36)34(46)40(21-5-2)25-42-28-17-11-10-16-27(28)37-38-42/h4-6,8-11,14-17,29-31,43H,1-2,7,12-13,18-25H2,3H3/t29-,30+,31?,35+,36?/m1/s1. The van der Waals surface area contributed by atoms with Crippen LogP contribution in [-0.2, 0) is 32.3 Å². The van der Waals surface area contributed by atoms with Crippen molar-refractivity contribution in [2.75, 3.05) is 26.2 Å². The Bertz CT molecular complexity index is 1640. The summed E-state index contributed by atoms with van der Waals surface area (Å²) < 4.78 is 8.57. The predicted octanol–water partition coefficient (Wildman–Crippen LogP) is 3.55.